The average molecular weight is 292 g/mol. The first-order valence-corrected chi connectivity index (χ1v) is 7.60. The Morgan fingerprint density at radius 1 is 1.29 bits per heavy atom. The van der Waals surface area contributed by atoms with Crippen molar-refractivity contribution < 1.29 is 9.90 Å². The van der Waals surface area contributed by atoms with Crippen LogP contribution in [0, 0.1) is 11.8 Å². The first-order valence-electron chi connectivity index (χ1n) is 7.60. The maximum Gasteiger partial charge on any atom is 0.327 e. The van der Waals surface area contributed by atoms with E-state index in [1.54, 1.807) is 12.3 Å². The number of piperidine rings is 1. The van der Waals surface area contributed by atoms with Crippen LogP contribution in [0.25, 0.3) is 0 Å². The van der Waals surface area contributed by atoms with Gasteiger partial charge in [0.15, 0.2) is 0 Å². The molecule has 5 nitrogen and oxygen atoms in total. The van der Waals surface area contributed by atoms with E-state index in [9.17, 15) is 14.7 Å². The number of rotatable bonds is 4. The largest absolute Gasteiger partial charge is 0.480 e. The van der Waals surface area contributed by atoms with Crippen molar-refractivity contribution in [3.63, 3.8) is 0 Å². The molecule has 1 unspecified atom stereocenters. The molecule has 5 heteroatoms. The molecule has 1 aromatic rings. The Kier molecular flexibility index (Phi) is 4.70. The van der Waals surface area contributed by atoms with Gasteiger partial charge in [0.1, 0.15) is 6.04 Å². The van der Waals surface area contributed by atoms with Gasteiger partial charge in [-0.05, 0) is 30.7 Å². The molecule has 0 spiro atoms. The van der Waals surface area contributed by atoms with Gasteiger partial charge in [0.05, 0.1) is 5.69 Å². The highest BCUT2D eigenvalue weighted by molar-refractivity contribution is 5.72. The zero-order valence-electron chi connectivity index (χ0n) is 13.0. The van der Waals surface area contributed by atoms with E-state index in [0.29, 0.717) is 0 Å². The summed E-state index contributed by atoms with van der Waals surface area (Å²) in [5.74, 6) is -0.372. The maximum absolute atomic E-state index is 12.0. The molecule has 1 aromatic heterocycles. The third kappa shape index (κ3) is 3.46. The predicted octanol–water partition coefficient (Wildman–Crippen LogP) is 2.37. The average Bonchev–Trinajstić information content (AvgIpc) is 2.41. The van der Waals surface area contributed by atoms with Crippen molar-refractivity contribution in [3.05, 3.63) is 28.7 Å². The summed E-state index contributed by atoms with van der Waals surface area (Å²) in [6.07, 6.45) is 3.97. The normalized spacial score (nSPS) is 18.0. The number of aliphatic carboxylic acids is 1. The van der Waals surface area contributed by atoms with Crippen molar-refractivity contribution >= 4 is 11.7 Å². The molecule has 0 saturated carbocycles. The van der Waals surface area contributed by atoms with Crippen molar-refractivity contribution in [2.75, 3.05) is 18.0 Å². The fraction of sp³-hybridized carbons (Fsp3) is 0.625. The van der Waals surface area contributed by atoms with E-state index in [-0.39, 0.29) is 11.5 Å². The molecule has 0 bridgehead atoms. The molecule has 0 radical (unpaired) electrons. The van der Waals surface area contributed by atoms with E-state index in [1.165, 1.54) is 10.6 Å². The fourth-order valence-electron chi connectivity index (χ4n) is 2.89. The summed E-state index contributed by atoms with van der Waals surface area (Å²) < 4.78 is 1.36. The molecule has 1 saturated heterocycles. The second-order valence-electron chi connectivity index (χ2n) is 6.33. The third-order valence-electron chi connectivity index (χ3n) is 4.26. The standard InChI is InChI=1S/C16H24N2O3/c1-11(2)15(16(20)21)18-10-13(4-5-14(18)19)17-8-6-12(3)7-9-17/h4-5,10-12,15H,6-9H2,1-3H3,(H,20,21). The molecule has 0 aromatic carbocycles. The van der Waals surface area contributed by atoms with Crippen molar-refractivity contribution in [1.82, 2.24) is 4.57 Å². The summed E-state index contributed by atoms with van der Waals surface area (Å²) in [6.45, 7) is 7.80. The SMILES string of the molecule is CC1CCN(c2ccc(=O)n(C(C(=O)O)C(C)C)c2)CC1. The number of anilines is 1. The first-order chi connectivity index (χ1) is 9.90. The van der Waals surface area contributed by atoms with Crippen LogP contribution in [0.15, 0.2) is 23.1 Å². The monoisotopic (exact) mass is 292 g/mol. The highest BCUT2D eigenvalue weighted by Gasteiger charge is 2.25. The molecule has 1 atom stereocenters. The summed E-state index contributed by atoms with van der Waals surface area (Å²) in [5, 5.41) is 9.38. The van der Waals surface area contributed by atoms with E-state index in [0.717, 1.165) is 37.5 Å². The Labute approximate surface area is 125 Å². The Morgan fingerprint density at radius 3 is 2.43 bits per heavy atom. The fourth-order valence-corrected chi connectivity index (χ4v) is 2.89. The van der Waals surface area contributed by atoms with E-state index in [2.05, 4.69) is 11.8 Å². The Morgan fingerprint density at radius 2 is 1.90 bits per heavy atom. The van der Waals surface area contributed by atoms with Crippen LogP contribution < -0.4 is 10.5 Å². The molecule has 2 rings (SSSR count). The second-order valence-corrected chi connectivity index (χ2v) is 6.33. The van der Waals surface area contributed by atoms with E-state index in [4.69, 9.17) is 0 Å². The zero-order valence-corrected chi connectivity index (χ0v) is 13.0. The van der Waals surface area contributed by atoms with Crippen LogP contribution in [0.1, 0.15) is 39.7 Å². The lowest BCUT2D eigenvalue weighted by atomic mass is 9.99. The molecule has 0 amide bonds. The molecule has 1 aliphatic heterocycles. The molecule has 21 heavy (non-hydrogen) atoms. The first kappa shape index (κ1) is 15.6. The summed E-state index contributed by atoms with van der Waals surface area (Å²) in [7, 11) is 0. The lowest BCUT2D eigenvalue weighted by Gasteiger charge is -2.32. The van der Waals surface area contributed by atoms with Crippen molar-refractivity contribution in [1.29, 1.82) is 0 Å². The van der Waals surface area contributed by atoms with Crippen LogP contribution in [-0.4, -0.2) is 28.7 Å². The van der Waals surface area contributed by atoms with Gasteiger partial charge in [-0.1, -0.05) is 20.8 Å². The van der Waals surface area contributed by atoms with Crippen LogP contribution in [0.5, 0.6) is 0 Å². The molecular formula is C16H24N2O3. The number of carboxylic acids is 1. The Bertz CT molecular complexity index is 557. The number of hydrogen-bond acceptors (Lipinski definition) is 3. The summed E-state index contributed by atoms with van der Waals surface area (Å²) in [6, 6.07) is 2.46. The predicted molar refractivity (Wildman–Crippen MR) is 82.8 cm³/mol. The minimum absolute atomic E-state index is 0.142. The summed E-state index contributed by atoms with van der Waals surface area (Å²) in [5.41, 5.74) is 0.679. The van der Waals surface area contributed by atoms with Crippen LogP contribution in [0.2, 0.25) is 0 Å². The van der Waals surface area contributed by atoms with Gasteiger partial charge >= 0.3 is 5.97 Å². The van der Waals surface area contributed by atoms with E-state index in [1.807, 2.05) is 13.8 Å². The second kappa shape index (κ2) is 6.33. The van der Waals surface area contributed by atoms with Crippen LogP contribution in [0.4, 0.5) is 5.69 Å². The minimum atomic E-state index is -0.962. The van der Waals surface area contributed by atoms with Gasteiger partial charge in [-0.25, -0.2) is 4.79 Å². The number of aromatic nitrogens is 1. The van der Waals surface area contributed by atoms with E-state index < -0.39 is 12.0 Å². The maximum atomic E-state index is 12.0. The smallest absolute Gasteiger partial charge is 0.327 e. The number of hydrogen-bond donors (Lipinski definition) is 1. The van der Waals surface area contributed by atoms with Gasteiger partial charge in [-0.15, -0.1) is 0 Å². The van der Waals surface area contributed by atoms with Gasteiger partial charge in [0.2, 0.25) is 0 Å². The zero-order chi connectivity index (χ0) is 15.6. The molecule has 1 N–H and O–H groups in total. The summed E-state index contributed by atoms with van der Waals surface area (Å²) >= 11 is 0. The number of carboxylic acid groups (broad SMARTS) is 1. The Balaban J connectivity index is 2.33. The van der Waals surface area contributed by atoms with Crippen molar-refractivity contribution in [2.45, 2.75) is 39.7 Å². The molecule has 0 aliphatic carbocycles. The quantitative estimate of drug-likeness (QED) is 0.925. The lowest BCUT2D eigenvalue weighted by Crippen LogP contribution is -2.36. The van der Waals surface area contributed by atoms with Gasteiger partial charge in [-0.3, -0.25) is 9.36 Å². The minimum Gasteiger partial charge on any atom is -0.480 e. The number of nitrogens with zero attached hydrogens (tertiary/aromatic N) is 2. The van der Waals surface area contributed by atoms with Gasteiger partial charge in [0.25, 0.3) is 5.56 Å². The number of carbonyl (C=O) groups is 1. The van der Waals surface area contributed by atoms with E-state index >= 15 is 0 Å². The van der Waals surface area contributed by atoms with Crippen LogP contribution in [0.3, 0.4) is 0 Å². The molecular weight excluding hydrogens is 268 g/mol. The lowest BCUT2D eigenvalue weighted by molar-refractivity contribution is -0.142. The Hall–Kier alpha value is -1.78. The van der Waals surface area contributed by atoms with Gasteiger partial charge < -0.3 is 10.0 Å². The highest BCUT2D eigenvalue weighted by Crippen LogP contribution is 2.24. The van der Waals surface area contributed by atoms with Crippen LogP contribution >= 0.6 is 0 Å². The highest BCUT2D eigenvalue weighted by atomic mass is 16.4. The van der Waals surface area contributed by atoms with Crippen molar-refractivity contribution in [2.24, 2.45) is 11.8 Å². The topological polar surface area (TPSA) is 62.5 Å². The molecule has 1 fully saturated rings. The third-order valence-corrected chi connectivity index (χ3v) is 4.26. The molecule has 2 heterocycles. The molecule has 116 valence electrons. The van der Waals surface area contributed by atoms with Gasteiger partial charge in [0, 0.05) is 25.4 Å². The molecule has 1 aliphatic rings. The summed E-state index contributed by atoms with van der Waals surface area (Å²) in [4.78, 5) is 25.7. The van der Waals surface area contributed by atoms with Gasteiger partial charge in [-0.2, -0.15) is 0 Å². The van der Waals surface area contributed by atoms with Crippen molar-refractivity contribution in [3.8, 4) is 0 Å². The number of pyridine rings is 1. The van der Waals surface area contributed by atoms with Crippen LogP contribution in [-0.2, 0) is 4.79 Å².